The van der Waals surface area contributed by atoms with Gasteiger partial charge in [-0.25, -0.2) is 4.98 Å². The molecule has 1 aromatic carbocycles. The van der Waals surface area contributed by atoms with Gasteiger partial charge in [-0.1, -0.05) is 19.1 Å². The molecule has 2 rings (SSSR count). The predicted molar refractivity (Wildman–Crippen MR) is 90.6 cm³/mol. The van der Waals surface area contributed by atoms with Crippen LogP contribution < -0.4 is 10.1 Å². The number of aromatic nitrogens is 1. The van der Waals surface area contributed by atoms with Crippen LogP contribution in [0.15, 0.2) is 24.3 Å². The van der Waals surface area contributed by atoms with E-state index in [0.717, 1.165) is 28.4 Å². The molecule has 0 spiro atoms. The van der Waals surface area contributed by atoms with E-state index in [0.29, 0.717) is 6.54 Å². The third-order valence-electron chi connectivity index (χ3n) is 3.67. The average molecular weight is 320 g/mol. The number of nitrogens with zero attached hydrogens (tertiary/aromatic N) is 1. The zero-order valence-corrected chi connectivity index (χ0v) is 14.4. The molecule has 22 heavy (non-hydrogen) atoms. The minimum Gasteiger partial charge on any atom is -0.497 e. The van der Waals surface area contributed by atoms with E-state index in [1.165, 1.54) is 4.88 Å². The summed E-state index contributed by atoms with van der Waals surface area (Å²) in [6, 6.07) is 7.72. The van der Waals surface area contributed by atoms with Crippen molar-refractivity contribution in [2.45, 2.75) is 39.3 Å². The maximum Gasteiger partial charge on any atom is 0.119 e. The van der Waals surface area contributed by atoms with Crippen LogP contribution >= 0.6 is 11.3 Å². The summed E-state index contributed by atoms with van der Waals surface area (Å²) in [5.41, 5.74) is 1.94. The SMILES string of the molecule is CCc1nc(C)c(C(C)NCC(O)c2cccc(OC)c2)s1. The van der Waals surface area contributed by atoms with Gasteiger partial charge in [-0.05, 0) is 38.0 Å². The van der Waals surface area contributed by atoms with E-state index in [4.69, 9.17) is 4.74 Å². The van der Waals surface area contributed by atoms with Gasteiger partial charge in [0.2, 0.25) is 0 Å². The maximum atomic E-state index is 10.3. The van der Waals surface area contributed by atoms with Crippen molar-refractivity contribution >= 4 is 11.3 Å². The van der Waals surface area contributed by atoms with Crippen molar-refractivity contribution < 1.29 is 9.84 Å². The van der Waals surface area contributed by atoms with Crippen LogP contribution in [0.1, 0.15) is 47.1 Å². The molecule has 1 aromatic heterocycles. The van der Waals surface area contributed by atoms with E-state index >= 15 is 0 Å². The molecule has 2 atom stereocenters. The van der Waals surface area contributed by atoms with Crippen LogP contribution in [-0.4, -0.2) is 23.7 Å². The van der Waals surface area contributed by atoms with Crippen LogP contribution in [0, 0.1) is 6.92 Å². The van der Waals surface area contributed by atoms with E-state index in [-0.39, 0.29) is 6.04 Å². The number of thiazole rings is 1. The fraction of sp³-hybridized carbons (Fsp3) is 0.471. The number of rotatable bonds is 7. The lowest BCUT2D eigenvalue weighted by molar-refractivity contribution is 0.170. The molecule has 0 aliphatic rings. The van der Waals surface area contributed by atoms with Crippen LogP contribution in [0.3, 0.4) is 0 Å². The molecule has 1 heterocycles. The minimum absolute atomic E-state index is 0.179. The van der Waals surface area contributed by atoms with E-state index in [1.807, 2.05) is 31.2 Å². The Balaban J connectivity index is 1.97. The van der Waals surface area contributed by atoms with Gasteiger partial charge in [-0.15, -0.1) is 11.3 Å². The van der Waals surface area contributed by atoms with Gasteiger partial charge in [0.15, 0.2) is 0 Å². The number of aliphatic hydroxyl groups excluding tert-OH is 1. The van der Waals surface area contributed by atoms with Crippen molar-refractivity contribution in [3.05, 3.63) is 45.4 Å². The molecule has 120 valence electrons. The van der Waals surface area contributed by atoms with Gasteiger partial charge >= 0.3 is 0 Å². The van der Waals surface area contributed by atoms with Crippen molar-refractivity contribution in [2.75, 3.05) is 13.7 Å². The smallest absolute Gasteiger partial charge is 0.119 e. The molecule has 0 saturated carbocycles. The van der Waals surface area contributed by atoms with Crippen LogP contribution in [0.4, 0.5) is 0 Å². The third kappa shape index (κ3) is 4.06. The Hall–Kier alpha value is -1.43. The Morgan fingerprint density at radius 2 is 2.18 bits per heavy atom. The highest BCUT2D eigenvalue weighted by molar-refractivity contribution is 7.11. The van der Waals surface area contributed by atoms with Gasteiger partial charge in [0.05, 0.1) is 23.9 Å². The summed E-state index contributed by atoms with van der Waals surface area (Å²) in [6.45, 7) is 6.76. The van der Waals surface area contributed by atoms with E-state index < -0.39 is 6.10 Å². The number of aliphatic hydroxyl groups is 1. The zero-order chi connectivity index (χ0) is 16.1. The normalized spacial score (nSPS) is 13.9. The van der Waals surface area contributed by atoms with Crippen LogP contribution in [-0.2, 0) is 6.42 Å². The topological polar surface area (TPSA) is 54.4 Å². The molecule has 0 bridgehead atoms. The maximum absolute atomic E-state index is 10.3. The first-order valence-electron chi connectivity index (χ1n) is 7.56. The minimum atomic E-state index is -0.559. The third-order valence-corrected chi connectivity index (χ3v) is 5.15. The molecule has 0 amide bonds. The molecule has 2 unspecified atom stereocenters. The van der Waals surface area contributed by atoms with Gasteiger partial charge in [0.25, 0.3) is 0 Å². The first-order chi connectivity index (χ1) is 10.5. The highest BCUT2D eigenvalue weighted by Gasteiger charge is 2.15. The first-order valence-corrected chi connectivity index (χ1v) is 8.38. The first kappa shape index (κ1) is 16.9. The molecular formula is C17H24N2O2S. The van der Waals surface area contributed by atoms with E-state index in [1.54, 1.807) is 18.4 Å². The fourth-order valence-corrected chi connectivity index (χ4v) is 3.40. The summed E-state index contributed by atoms with van der Waals surface area (Å²) in [5.74, 6) is 0.760. The van der Waals surface area contributed by atoms with Crippen molar-refractivity contribution in [3.63, 3.8) is 0 Å². The summed E-state index contributed by atoms with van der Waals surface area (Å²) < 4.78 is 5.19. The van der Waals surface area contributed by atoms with E-state index in [2.05, 4.69) is 24.1 Å². The summed E-state index contributed by atoms with van der Waals surface area (Å²) >= 11 is 1.75. The lowest BCUT2D eigenvalue weighted by atomic mass is 10.1. The Bertz CT molecular complexity index is 612. The van der Waals surface area contributed by atoms with Gasteiger partial charge in [0, 0.05) is 17.5 Å². The largest absolute Gasteiger partial charge is 0.497 e. The standard InChI is InChI=1S/C17H24N2O2S/c1-5-16-19-12(3)17(22-16)11(2)18-10-15(20)13-7-6-8-14(9-13)21-4/h6-9,11,15,18,20H,5,10H2,1-4H3. The number of nitrogens with one attached hydrogen (secondary N) is 1. The molecule has 0 aliphatic heterocycles. The Morgan fingerprint density at radius 1 is 1.41 bits per heavy atom. The number of benzene rings is 1. The molecule has 2 N–H and O–H groups in total. The fourth-order valence-electron chi connectivity index (χ4n) is 2.37. The Labute approximate surface area is 136 Å². The molecule has 5 heteroatoms. The quantitative estimate of drug-likeness (QED) is 0.821. The van der Waals surface area contributed by atoms with Crippen molar-refractivity contribution in [1.82, 2.24) is 10.3 Å². The highest BCUT2D eigenvalue weighted by atomic mass is 32.1. The van der Waals surface area contributed by atoms with E-state index in [9.17, 15) is 5.11 Å². The summed E-state index contributed by atoms with van der Waals surface area (Å²) in [6.07, 6.45) is 0.404. The number of aryl methyl sites for hydroxylation is 2. The summed E-state index contributed by atoms with van der Waals surface area (Å²) in [4.78, 5) is 5.80. The van der Waals surface area contributed by atoms with Gasteiger partial charge < -0.3 is 15.2 Å². The summed E-state index contributed by atoms with van der Waals surface area (Å²) in [7, 11) is 1.63. The second-order valence-corrected chi connectivity index (χ2v) is 6.45. The van der Waals surface area contributed by atoms with Crippen LogP contribution in [0.2, 0.25) is 0 Å². The average Bonchev–Trinajstić information content (AvgIpc) is 2.93. The van der Waals surface area contributed by atoms with Gasteiger partial charge in [-0.3, -0.25) is 0 Å². The number of hydrogen-bond donors (Lipinski definition) is 2. The Morgan fingerprint density at radius 3 is 2.82 bits per heavy atom. The lowest BCUT2D eigenvalue weighted by Crippen LogP contribution is -2.24. The molecule has 4 nitrogen and oxygen atoms in total. The molecule has 0 aliphatic carbocycles. The molecule has 2 aromatic rings. The number of hydrogen-bond acceptors (Lipinski definition) is 5. The monoisotopic (exact) mass is 320 g/mol. The van der Waals surface area contributed by atoms with Gasteiger partial charge in [-0.2, -0.15) is 0 Å². The second kappa shape index (κ2) is 7.72. The zero-order valence-electron chi connectivity index (χ0n) is 13.6. The predicted octanol–water partition coefficient (Wildman–Crippen LogP) is 3.41. The van der Waals surface area contributed by atoms with Gasteiger partial charge in [0.1, 0.15) is 5.75 Å². The van der Waals surface area contributed by atoms with Crippen molar-refractivity contribution in [1.29, 1.82) is 0 Å². The highest BCUT2D eigenvalue weighted by Crippen LogP contribution is 2.26. The number of methoxy groups -OCH3 is 1. The Kier molecular flexibility index (Phi) is 5.94. The molecular weight excluding hydrogens is 296 g/mol. The lowest BCUT2D eigenvalue weighted by Gasteiger charge is -2.17. The van der Waals surface area contributed by atoms with Crippen LogP contribution in [0.5, 0.6) is 5.75 Å². The summed E-state index contributed by atoms with van der Waals surface area (Å²) in [5, 5.41) is 14.9. The van der Waals surface area contributed by atoms with Crippen molar-refractivity contribution in [3.8, 4) is 5.75 Å². The van der Waals surface area contributed by atoms with Crippen molar-refractivity contribution in [2.24, 2.45) is 0 Å². The molecule has 0 saturated heterocycles. The second-order valence-electron chi connectivity index (χ2n) is 5.33. The molecule has 0 radical (unpaired) electrons. The number of ether oxygens (including phenoxy) is 1. The molecule has 0 fully saturated rings. The van der Waals surface area contributed by atoms with Crippen LogP contribution in [0.25, 0.3) is 0 Å².